The Hall–Kier alpha value is -1.39. The molecule has 2 N–H and O–H groups in total. The molecule has 1 aliphatic rings. The molecule has 0 amide bonds. The van der Waals surface area contributed by atoms with E-state index in [0.29, 0.717) is 6.42 Å². The fraction of sp³-hybridized carbons (Fsp3) is 0.500. The molecule has 1 aromatic rings. The summed E-state index contributed by atoms with van der Waals surface area (Å²) < 4.78 is 5.11. The Morgan fingerprint density at radius 1 is 1.39 bits per heavy atom. The molecule has 4 heteroatoms. The van der Waals surface area contributed by atoms with Crippen molar-refractivity contribution in [3.63, 3.8) is 0 Å². The van der Waals surface area contributed by atoms with Gasteiger partial charge in [-0.15, -0.1) is 0 Å². The lowest BCUT2D eigenvalue weighted by Crippen LogP contribution is -2.48. The average molecular weight is 249 g/mol. The maximum Gasteiger partial charge on any atom is 0.139 e. The summed E-state index contributed by atoms with van der Waals surface area (Å²) in [5.74, 6) is 0.881. The van der Waals surface area contributed by atoms with Gasteiger partial charge < -0.3 is 15.2 Å². The zero-order valence-corrected chi connectivity index (χ0v) is 10.7. The van der Waals surface area contributed by atoms with Crippen molar-refractivity contribution in [1.29, 1.82) is 0 Å². The minimum absolute atomic E-state index is 0.0143. The van der Waals surface area contributed by atoms with E-state index in [1.807, 2.05) is 31.2 Å². The molecule has 2 rings (SSSR count). The van der Waals surface area contributed by atoms with Gasteiger partial charge >= 0.3 is 0 Å². The zero-order chi connectivity index (χ0) is 13.1. The van der Waals surface area contributed by atoms with Crippen molar-refractivity contribution in [3.05, 3.63) is 29.8 Å². The van der Waals surface area contributed by atoms with E-state index in [2.05, 4.69) is 5.32 Å². The lowest BCUT2D eigenvalue weighted by Gasteiger charge is -2.34. The van der Waals surface area contributed by atoms with Crippen molar-refractivity contribution in [2.75, 3.05) is 13.7 Å². The maximum absolute atomic E-state index is 11.9. The first-order valence-corrected chi connectivity index (χ1v) is 6.19. The predicted molar refractivity (Wildman–Crippen MR) is 68.5 cm³/mol. The number of hydrogen-bond acceptors (Lipinski definition) is 4. The van der Waals surface area contributed by atoms with Crippen LogP contribution in [0.3, 0.4) is 0 Å². The van der Waals surface area contributed by atoms with Crippen LogP contribution in [0.1, 0.15) is 24.9 Å². The Morgan fingerprint density at radius 2 is 2.06 bits per heavy atom. The van der Waals surface area contributed by atoms with Crippen LogP contribution in [0, 0.1) is 5.92 Å². The number of benzene rings is 1. The van der Waals surface area contributed by atoms with E-state index in [1.54, 1.807) is 7.11 Å². The van der Waals surface area contributed by atoms with Crippen LogP contribution < -0.4 is 10.1 Å². The van der Waals surface area contributed by atoms with Gasteiger partial charge in [-0.25, -0.2) is 0 Å². The number of aliphatic hydroxyl groups is 1. The molecule has 1 fully saturated rings. The molecule has 3 atom stereocenters. The molecule has 1 heterocycles. The molecule has 18 heavy (non-hydrogen) atoms. The molecular formula is C14H19NO3. The molecular weight excluding hydrogens is 230 g/mol. The summed E-state index contributed by atoms with van der Waals surface area (Å²) in [6, 6.07) is 7.50. The second-order valence-corrected chi connectivity index (χ2v) is 4.74. The van der Waals surface area contributed by atoms with Crippen LogP contribution in [0.2, 0.25) is 0 Å². The van der Waals surface area contributed by atoms with Gasteiger partial charge in [0.15, 0.2) is 0 Å². The minimum Gasteiger partial charge on any atom is -0.497 e. The fourth-order valence-electron chi connectivity index (χ4n) is 2.33. The van der Waals surface area contributed by atoms with Crippen molar-refractivity contribution in [2.45, 2.75) is 25.4 Å². The minimum atomic E-state index is -0.154. The molecule has 0 aromatic heterocycles. The summed E-state index contributed by atoms with van der Waals surface area (Å²) in [5.41, 5.74) is 1.05. The van der Waals surface area contributed by atoms with Gasteiger partial charge in [-0.05, 0) is 17.7 Å². The number of carbonyl (C=O) groups excluding carboxylic acids is 1. The fourth-order valence-corrected chi connectivity index (χ4v) is 2.33. The lowest BCUT2D eigenvalue weighted by atomic mass is 9.85. The van der Waals surface area contributed by atoms with Gasteiger partial charge in [0, 0.05) is 24.4 Å². The second-order valence-electron chi connectivity index (χ2n) is 4.74. The summed E-state index contributed by atoms with van der Waals surface area (Å²) in [6.07, 6.45) is 0.476. The average Bonchev–Trinajstić information content (AvgIpc) is 2.42. The first-order valence-electron chi connectivity index (χ1n) is 6.19. The highest BCUT2D eigenvalue weighted by Crippen LogP contribution is 2.27. The number of ether oxygens (including phenoxy) is 1. The summed E-state index contributed by atoms with van der Waals surface area (Å²) in [6.45, 7) is 1.85. The Labute approximate surface area is 107 Å². The molecule has 1 aromatic carbocycles. The third-order valence-electron chi connectivity index (χ3n) is 3.65. The molecule has 0 aliphatic carbocycles. The summed E-state index contributed by atoms with van der Waals surface area (Å²) >= 11 is 0. The SMILES string of the molecule is COc1ccc([C@@H]2CC(=O)[C@@H](C)[C@H](CO)N2)cc1. The smallest absolute Gasteiger partial charge is 0.139 e. The number of hydrogen-bond donors (Lipinski definition) is 2. The number of piperidine rings is 1. The molecule has 0 saturated carbocycles. The molecule has 0 spiro atoms. The van der Waals surface area contributed by atoms with Crippen LogP contribution in [0.15, 0.2) is 24.3 Å². The largest absolute Gasteiger partial charge is 0.497 e. The molecule has 0 unspecified atom stereocenters. The van der Waals surface area contributed by atoms with Crippen LogP contribution >= 0.6 is 0 Å². The Morgan fingerprint density at radius 3 is 2.61 bits per heavy atom. The number of methoxy groups -OCH3 is 1. The maximum atomic E-state index is 11.9. The normalized spacial score (nSPS) is 28.2. The highest BCUT2D eigenvalue weighted by atomic mass is 16.5. The van der Waals surface area contributed by atoms with E-state index < -0.39 is 0 Å². The van der Waals surface area contributed by atoms with Crippen molar-refractivity contribution < 1.29 is 14.6 Å². The quantitative estimate of drug-likeness (QED) is 0.847. The molecule has 0 bridgehead atoms. The van der Waals surface area contributed by atoms with E-state index in [1.165, 1.54) is 0 Å². The number of Topliss-reactive ketones (excluding diaryl/α,β-unsaturated/α-hetero) is 1. The number of carbonyl (C=O) groups is 1. The molecule has 98 valence electrons. The summed E-state index contributed by atoms with van der Waals surface area (Å²) in [7, 11) is 1.63. The molecule has 1 saturated heterocycles. The van der Waals surface area contributed by atoms with Crippen LogP contribution in [0.5, 0.6) is 5.75 Å². The Kier molecular flexibility index (Phi) is 3.99. The number of ketones is 1. The third kappa shape index (κ3) is 2.54. The van der Waals surface area contributed by atoms with Crippen molar-refractivity contribution in [2.24, 2.45) is 5.92 Å². The number of aliphatic hydroxyl groups excluding tert-OH is 1. The van der Waals surface area contributed by atoms with Crippen molar-refractivity contribution in [3.8, 4) is 5.75 Å². The van der Waals surface area contributed by atoms with E-state index in [9.17, 15) is 9.90 Å². The monoisotopic (exact) mass is 249 g/mol. The van der Waals surface area contributed by atoms with Gasteiger partial charge in [-0.2, -0.15) is 0 Å². The van der Waals surface area contributed by atoms with Gasteiger partial charge in [-0.3, -0.25) is 4.79 Å². The van der Waals surface area contributed by atoms with E-state index in [-0.39, 0.29) is 30.4 Å². The Balaban J connectivity index is 2.15. The van der Waals surface area contributed by atoms with Crippen LogP contribution in [-0.2, 0) is 4.79 Å². The summed E-state index contributed by atoms with van der Waals surface area (Å²) in [4.78, 5) is 11.9. The highest BCUT2D eigenvalue weighted by Gasteiger charge is 2.33. The van der Waals surface area contributed by atoms with E-state index >= 15 is 0 Å². The Bertz CT molecular complexity index is 416. The topological polar surface area (TPSA) is 58.6 Å². The van der Waals surface area contributed by atoms with E-state index in [4.69, 9.17) is 4.74 Å². The highest BCUT2D eigenvalue weighted by molar-refractivity contribution is 5.83. The molecule has 4 nitrogen and oxygen atoms in total. The second kappa shape index (κ2) is 5.50. The first-order chi connectivity index (χ1) is 8.65. The third-order valence-corrected chi connectivity index (χ3v) is 3.65. The lowest BCUT2D eigenvalue weighted by molar-refractivity contribution is -0.126. The first kappa shape index (κ1) is 13.1. The van der Waals surface area contributed by atoms with Crippen LogP contribution in [0.4, 0.5) is 0 Å². The van der Waals surface area contributed by atoms with Crippen molar-refractivity contribution >= 4 is 5.78 Å². The van der Waals surface area contributed by atoms with Gasteiger partial charge in [0.2, 0.25) is 0 Å². The summed E-state index contributed by atoms with van der Waals surface area (Å²) in [5, 5.41) is 12.6. The zero-order valence-electron chi connectivity index (χ0n) is 10.7. The molecule has 0 radical (unpaired) electrons. The standard InChI is InChI=1S/C14H19NO3/c1-9-13(8-16)15-12(7-14(9)17)10-3-5-11(18-2)6-4-10/h3-6,9,12-13,15-16H,7-8H2,1-2H3/t9-,12-,13-/m0/s1. The van der Waals surface area contributed by atoms with Gasteiger partial charge in [0.05, 0.1) is 13.7 Å². The van der Waals surface area contributed by atoms with Gasteiger partial charge in [-0.1, -0.05) is 19.1 Å². The van der Waals surface area contributed by atoms with Crippen LogP contribution in [-0.4, -0.2) is 30.6 Å². The van der Waals surface area contributed by atoms with Crippen LogP contribution in [0.25, 0.3) is 0 Å². The van der Waals surface area contributed by atoms with E-state index in [0.717, 1.165) is 11.3 Å². The number of rotatable bonds is 3. The number of nitrogens with one attached hydrogen (secondary N) is 1. The predicted octanol–water partition coefficient (Wildman–Crippen LogP) is 1.30. The van der Waals surface area contributed by atoms with Gasteiger partial charge in [0.1, 0.15) is 11.5 Å². The van der Waals surface area contributed by atoms with Crippen molar-refractivity contribution in [1.82, 2.24) is 5.32 Å². The van der Waals surface area contributed by atoms with Gasteiger partial charge in [0.25, 0.3) is 0 Å². The molecule has 1 aliphatic heterocycles.